The van der Waals surface area contributed by atoms with Gasteiger partial charge in [-0.25, -0.2) is 4.79 Å². The summed E-state index contributed by atoms with van der Waals surface area (Å²) in [5.41, 5.74) is 1.07. The molecule has 2 rings (SSSR count). The van der Waals surface area contributed by atoms with Crippen molar-refractivity contribution in [2.24, 2.45) is 0 Å². The third-order valence-electron chi connectivity index (χ3n) is 4.30. The first-order chi connectivity index (χ1) is 12.7. The number of rotatable bonds is 7. The maximum Gasteiger partial charge on any atom is 0.408 e. The molecule has 1 aliphatic rings. The zero-order valence-electron chi connectivity index (χ0n) is 15.5. The Morgan fingerprint density at radius 2 is 2.04 bits per heavy atom. The van der Waals surface area contributed by atoms with Gasteiger partial charge in [0, 0.05) is 32.5 Å². The van der Waals surface area contributed by atoms with Crippen LogP contribution in [0.5, 0.6) is 0 Å². The quantitative estimate of drug-likeness (QED) is 0.761. The first-order valence-electron chi connectivity index (χ1n) is 9.43. The lowest BCUT2D eigenvalue weighted by molar-refractivity contribution is -0.131. The van der Waals surface area contributed by atoms with Crippen molar-refractivity contribution in [3.63, 3.8) is 0 Å². The normalized spacial score (nSPS) is 16.4. The summed E-state index contributed by atoms with van der Waals surface area (Å²) < 4.78 is 5.39. The van der Waals surface area contributed by atoms with Crippen LogP contribution in [0.2, 0.25) is 0 Å². The number of alkyl carbamates (subject to hydrolysis) is 1. The first kappa shape index (κ1) is 19.8. The Bertz CT molecular complexity index is 634. The van der Waals surface area contributed by atoms with Crippen LogP contribution in [0.25, 0.3) is 0 Å². The molecule has 0 saturated heterocycles. The van der Waals surface area contributed by atoms with E-state index in [0.29, 0.717) is 26.1 Å². The van der Waals surface area contributed by atoms with Crippen molar-refractivity contribution in [3.05, 3.63) is 35.9 Å². The van der Waals surface area contributed by atoms with Crippen LogP contribution in [0.15, 0.2) is 30.3 Å². The Morgan fingerprint density at radius 3 is 2.81 bits per heavy atom. The number of carbonyl (C=O) groups excluding carboxylic acids is 2. The SMILES string of the molecule is CCC(=O)N(CCNC(=O)OC1C#CCCCCC1)Cc1ccccc1. The fraction of sp³-hybridized carbons (Fsp3) is 0.524. The molecular formula is C21H28N2O3. The van der Waals surface area contributed by atoms with Gasteiger partial charge in [0.05, 0.1) is 0 Å². The molecule has 5 nitrogen and oxygen atoms in total. The summed E-state index contributed by atoms with van der Waals surface area (Å²) in [4.78, 5) is 25.9. The van der Waals surface area contributed by atoms with E-state index in [2.05, 4.69) is 17.2 Å². The molecule has 0 spiro atoms. The van der Waals surface area contributed by atoms with Gasteiger partial charge < -0.3 is 15.0 Å². The lowest BCUT2D eigenvalue weighted by Gasteiger charge is -2.23. The highest BCUT2D eigenvalue weighted by Gasteiger charge is 2.15. The number of amides is 2. The summed E-state index contributed by atoms with van der Waals surface area (Å²) in [5, 5.41) is 2.74. The van der Waals surface area contributed by atoms with E-state index in [-0.39, 0.29) is 12.0 Å². The third-order valence-corrected chi connectivity index (χ3v) is 4.30. The van der Waals surface area contributed by atoms with Gasteiger partial charge in [0.25, 0.3) is 0 Å². The molecule has 1 aromatic carbocycles. The summed E-state index contributed by atoms with van der Waals surface area (Å²) in [7, 11) is 0. The van der Waals surface area contributed by atoms with E-state index in [1.807, 2.05) is 37.3 Å². The van der Waals surface area contributed by atoms with Crippen LogP contribution < -0.4 is 5.32 Å². The van der Waals surface area contributed by atoms with Gasteiger partial charge in [0.2, 0.25) is 5.91 Å². The fourth-order valence-corrected chi connectivity index (χ4v) is 2.85. The van der Waals surface area contributed by atoms with Crippen LogP contribution in [0.1, 0.15) is 51.0 Å². The molecule has 140 valence electrons. The molecule has 26 heavy (non-hydrogen) atoms. The number of hydrogen-bond donors (Lipinski definition) is 1. The fourth-order valence-electron chi connectivity index (χ4n) is 2.85. The highest BCUT2D eigenvalue weighted by molar-refractivity contribution is 5.76. The Hall–Kier alpha value is -2.48. The van der Waals surface area contributed by atoms with Crippen molar-refractivity contribution in [1.29, 1.82) is 0 Å². The second kappa shape index (κ2) is 11.2. The number of carbonyl (C=O) groups is 2. The van der Waals surface area contributed by atoms with Crippen LogP contribution in [0.3, 0.4) is 0 Å². The monoisotopic (exact) mass is 356 g/mol. The van der Waals surface area contributed by atoms with Gasteiger partial charge in [-0.1, -0.05) is 55.5 Å². The Kier molecular flexibility index (Phi) is 8.54. The zero-order valence-corrected chi connectivity index (χ0v) is 15.5. The van der Waals surface area contributed by atoms with Crippen molar-refractivity contribution in [2.45, 2.75) is 58.1 Å². The molecule has 1 aliphatic carbocycles. The van der Waals surface area contributed by atoms with Gasteiger partial charge in [-0.05, 0) is 24.8 Å². The average Bonchev–Trinajstić information content (AvgIpc) is 2.63. The predicted molar refractivity (Wildman–Crippen MR) is 101 cm³/mol. The minimum atomic E-state index is -0.464. The Labute approximate surface area is 156 Å². The minimum Gasteiger partial charge on any atom is -0.433 e. The molecule has 0 heterocycles. The maximum absolute atomic E-state index is 12.1. The molecular weight excluding hydrogens is 328 g/mol. The first-order valence-corrected chi connectivity index (χ1v) is 9.43. The average molecular weight is 356 g/mol. The lowest BCUT2D eigenvalue weighted by Crippen LogP contribution is -2.38. The van der Waals surface area contributed by atoms with E-state index >= 15 is 0 Å². The van der Waals surface area contributed by atoms with Crippen molar-refractivity contribution < 1.29 is 14.3 Å². The number of nitrogens with zero attached hydrogens (tertiary/aromatic N) is 1. The number of hydrogen-bond acceptors (Lipinski definition) is 3. The van der Waals surface area contributed by atoms with Crippen LogP contribution >= 0.6 is 0 Å². The highest BCUT2D eigenvalue weighted by Crippen LogP contribution is 2.11. The molecule has 0 bridgehead atoms. The molecule has 5 heteroatoms. The van der Waals surface area contributed by atoms with Crippen LogP contribution in [-0.2, 0) is 16.1 Å². The highest BCUT2D eigenvalue weighted by atomic mass is 16.6. The van der Waals surface area contributed by atoms with E-state index < -0.39 is 6.09 Å². The van der Waals surface area contributed by atoms with Gasteiger partial charge in [0.1, 0.15) is 0 Å². The molecule has 2 amide bonds. The van der Waals surface area contributed by atoms with Gasteiger partial charge in [-0.3, -0.25) is 4.79 Å². The van der Waals surface area contributed by atoms with Gasteiger partial charge in [-0.2, -0.15) is 0 Å². The summed E-state index contributed by atoms with van der Waals surface area (Å²) in [5.74, 6) is 6.14. The predicted octanol–water partition coefficient (Wildman–Crippen LogP) is 3.49. The summed E-state index contributed by atoms with van der Waals surface area (Å²) in [6, 6.07) is 9.84. The molecule has 0 radical (unpaired) electrons. The summed E-state index contributed by atoms with van der Waals surface area (Å²) in [6.45, 7) is 3.19. The Balaban J connectivity index is 1.78. The van der Waals surface area contributed by atoms with Gasteiger partial charge >= 0.3 is 6.09 Å². The number of benzene rings is 1. The molecule has 0 aliphatic heterocycles. The van der Waals surface area contributed by atoms with Gasteiger partial charge in [-0.15, -0.1) is 0 Å². The summed E-state index contributed by atoms with van der Waals surface area (Å²) in [6.07, 6.45) is 4.58. The van der Waals surface area contributed by atoms with Crippen LogP contribution in [-0.4, -0.2) is 36.1 Å². The van der Waals surface area contributed by atoms with Crippen molar-refractivity contribution in [1.82, 2.24) is 10.2 Å². The van der Waals surface area contributed by atoms with Crippen LogP contribution in [0.4, 0.5) is 4.79 Å². The Morgan fingerprint density at radius 1 is 1.23 bits per heavy atom. The molecule has 1 unspecified atom stereocenters. The summed E-state index contributed by atoms with van der Waals surface area (Å²) >= 11 is 0. The third kappa shape index (κ3) is 7.18. The molecule has 0 fully saturated rings. The van der Waals surface area contributed by atoms with Crippen LogP contribution in [0, 0.1) is 11.8 Å². The minimum absolute atomic E-state index is 0.0647. The number of ether oxygens (including phenoxy) is 1. The van der Waals surface area contributed by atoms with E-state index in [1.54, 1.807) is 4.90 Å². The second-order valence-electron chi connectivity index (χ2n) is 6.40. The smallest absolute Gasteiger partial charge is 0.408 e. The standard InChI is InChI=1S/C21H28N2O3/c1-2-20(24)23(17-18-11-7-6-8-12-18)16-15-22-21(25)26-19-13-9-4-3-5-10-14-19/h6-8,11-12,19H,2-5,9,13,15-17H2,1H3,(H,22,25). The lowest BCUT2D eigenvalue weighted by atomic mass is 10.1. The zero-order chi connectivity index (χ0) is 18.6. The molecule has 1 atom stereocenters. The topological polar surface area (TPSA) is 58.6 Å². The van der Waals surface area contributed by atoms with E-state index in [1.165, 1.54) is 0 Å². The second-order valence-corrected chi connectivity index (χ2v) is 6.40. The van der Waals surface area contributed by atoms with Gasteiger partial charge in [0.15, 0.2) is 6.10 Å². The molecule has 1 N–H and O–H groups in total. The van der Waals surface area contributed by atoms with Crippen molar-refractivity contribution in [2.75, 3.05) is 13.1 Å². The van der Waals surface area contributed by atoms with E-state index in [9.17, 15) is 9.59 Å². The van der Waals surface area contributed by atoms with E-state index in [4.69, 9.17) is 4.74 Å². The molecule has 1 aromatic rings. The maximum atomic E-state index is 12.1. The van der Waals surface area contributed by atoms with Crippen molar-refractivity contribution >= 4 is 12.0 Å². The molecule has 0 saturated carbocycles. The largest absolute Gasteiger partial charge is 0.433 e. The number of nitrogens with one attached hydrogen (secondary N) is 1. The van der Waals surface area contributed by atoms with Crippen molar-refractivity contribution in [3.8, 4) is 11.8 Å². The van der Waals surface area contributed by atoms with E-state index in [0.717, 1.165) is 37.7 Å². The molecule has 0 aromatic heterocycles.